The number of benzene rings is 1. The monoisotopic (exact) mass is 257 g/mol. The highest BCUT2D eigenvalue weighted by Gasteiger charge is 2.14. The quantitative estimate of drug-likeness (QED) is 0.500. The van der Waals surface area contributed by atoms with Crippen molar-refractivity contribution in [3.8, 4) is 0 Å². The fourth-order valence-corrected chi connectivity index (χ4v) is 2.24. The number of thioether (sulfide) groups is 1. The predicted octanol–water partition coefficient (Wildman–Crippen LogP) is 2.70. The maximum Gasteiger partial charge on any atom is 0.309 e. The van der Waals surface area contributed by atoms with Gasteiger partial charge in [-0.2, -0.15) is 0 Å². The molecule has 17 heavy (non-hydrogen) atoms. The van der Waals surface area contributed by atoms with Crippen molar-refractivity contribution in [2.45, 2.75) is 18.7 Å². The molecule has 0 heterocycles. The molecule has 0 spiro atoms. The van der Waals surface area contributed by atoms with Crippen molar-refractivity contribution in [2.75, 3.05) is 18.1 Å². The smallest absolute Gasteiger partial charge is 0.309 e. The van der Waals surface area contributed by atoms with Gasteiger partial charge in [0.2, 0.25) is 0 Å². The van der Waals surface area contributed by atoms with Gasteiger partial charge < -0.3 is 10.5 Å². The van der Waals surface area contributed by atoms with E-state index in [4.69, 9.17) is 10.5 Å². The minimum absolute atomic E-state index is 0.218. The summed E-state index contributed by atoms with van der Waals surface area (Å²) in [5.41, 5.74) is 5.91. The number of anilines is 1. The van der Waals surface area contributed by atoms with E-state index in [0.717, 1.165) is 4.90 Å². The molecule has 0 aliphatic heterocycles. The average Bonchev–Trinajstić information content (AvgIpc) is 2.25. The first kappa shape index (κ1) is 13.8. The Bertz CT molecular complexity index is 378. The highest BCUT2D eigenvalue weighted by molar-refractivity contribution is 7.99. The van der Waals surface area contributed by atoms with Crippen LogP contribution in [0.4, 0.5) is 10.1 Å². The van der Waals surface area contributed by atoms with E-state index in [0.29, 0.717) is 18.0 Å². The van der Waals surface area contributed by atoms with Crippen LogP contribution in [0.5, 0.6) is 0 Å². The maximum atomic E-state index is 13.0. The molecule has 1 aromatic carbocycles. The van der Waals surface area contributed by atoms with Gasteiger partial charge in [-0.15, -0.1) is 11.8 Å². The van der Waals surface area contributed by atoms with Crippen LogP contribution in [0.15, 0.2) is 23.1 Å². The molecule has 0 amide bonds. The normalized spacial score (nSPS) is 12.2. The first-order valence-corrected chi connectivity index (χ1v) is 6.37. The zero-order valence-corrected chi connectivity index (χ0v) is 10.7. The second kappa shape index (κ2) is 6.49. The van der Waals surface area contributed by atoms with Gasteiger partial charge >= 0.3 is 5.97 Å². The molecule has 0 aliphatic rings. The third-order valence-electron chi connectivity index (χ3n) is 2.08. The summed E-state index contributed by atoms with van der Waals surface area (Å²) in [5, 5.41) is 0. The lowest BCUT2D eigenvalue weighted by molar-refractivity contribution is -0.146. The molecule has 0 saturated heterocycles. The molecule has 2 N–H and O–H groups in total. The molecule has 5 heteroatoms. The first-order valence-electron chi connectivity index (χ1n) is 5.38. The van der Waals surface area contributed by atoms with Crippen molar-refractivity contribution in [1.82, 2.24) is 0 Å². The van der Waals surface area contributed by atoms with Crippen molar-refractivity contribution in [1.29, 1.82) is 0 Å². The Morgan fingerprint density at radius 3 is 2.82 bits per heavy atom. The number of carbonyl (C=O) groups excluding carboxylic acids is 1. The van der Waals surface area contributed by atoms with Crippen LogP contribution in [0.25, 0.3) is 0 Å². The van der Waals surface area contributed by atoms with E-state index in [1.807, 2.05) is 0 Å². The average molecular weight is 257 g/mol. The van der Waals surface area contributed by atoms with Crippen molar-refractivity contribution in [3.05, 3.63) is 24.0 Å². The largest absolute Gasteiger partial charge is 0.466 e. The summed E-state index contributed by atoms with van der Waals surface area (Å²) in [5.74, 6) is -0.271. The molecule has 0 aliphatic carbocycles. The lowest BCUT2D eigenvalue weighted by atomic mass is 10.2. The van der Waals surface area contributed by atoms with Crippen LogP contribution in [-0.2, 0) is 9.53 Å². The number of ether oxygens (including phenoxy) is 1. The van der Waals surface area contributed by atoms with Crippen molar-refractivity contribution in [2.24, 2.45) is 5.92 Å². The second-order valence-electron chi connectivity index (χ2n) is 3.68. The van der Waals surface area contributed by atoms with Gasteiger partial charge in [-0.3, -0.25) is 4.79 Å². The summed E-state index contributed by atoms with van der Waals surface area (Å²) in [7, 11) is 0. The van der Waals surface area contributed by atoms with E-state index >= 15 is 0 Å². The van der Waals surface area contributed by atoms with E-state index in [2.05, 4.69) is 0 Å². The molecule has 0 saturated carbocycles. The number of hydrogen-bond donors (Lipinski definition) is 1. The lowest BCUT2D eigenvalue weighted by Gasteiger charge is -2.10. The molecular weight excluding hydrogens is 241 g/mol. The Labute approximate surface area is 105 Å². The minimum atomic E-state index is -0.365. The third-order valence-corrected chi connectivity index (χ3v) is 3.32. The number of nitrogens with two attached hydrogens (primary N) is 1. The topological polar surface area (TPSA) is 52.3 Å². The van der Waals surface area contributed by atoms with Gasteiger partial charge in [0.05, 0.1) is 12.5 Å². The zero-order valence-electron chi connectivity index (χ0n) is 9.90. The molecule has 0 aromatic heterocycles. The van der Waals surface area contributed by atoms with E-state index in [-0.39, 0.29) is 17.7 Å². The predicted molar refractivity (Wildman–Crippen MR) is 67.3 cm³/mol. The molecule has 0 fully saturated rings. The first-order chi connectivity index (χ1) is 8.02. The molecule has 1 rings (SSSR count). The van der Waals surface area contributed by atoms with Gasteiger partial charge in [-0.05, 0) is 25.1 Å². The van der Waals surface area contributed by atoms with Crippen LogP contribution in [0.3, 0.4) is 0 Å². The fourth-order valence-electron chi connectivity index (χ4n) is 1.24. The van der Waals surface area contributed by atoms with E-state index in [1.165, 1.54) is 23.9 Å². The van der Waals surface area contributed by atoms with Gasteiger partial charge in [0.1, 0.15) is 5.82 Å². The maximum absolute atomic E-state index is 13.0. The molecule has 0 radical (unpaired) electrons. The van der Waals surface area contributed by atoms with Crippen molar-refractivity contribution >= 4 is 23.4 Å². The third kappa shape index (κ3) is 4.65. The Balaban J connectivity index is 2.52. The molecule has 94 valence electrons. The zero-order chi connectivity index (χ0) is 12.8. The van der Waals surface area contributed by atoms with Crippen molar-refractivity contribution < 1.29 is 13.9 Å². The minimum Gasteiger partial charge on any atom is -0.466 e. The summed E-state index contributed by atoms with van der Waals surface area (Å²) in [6.07, 6.45) is 0. The number of nitrogen functional groups attached to an aromatic ring is 1. The number of esters is 1. The highest BCUT2D eigenvalue weighted by Crippen LogP contribution is 2.24. The van der Waals surface area contributed by atoms with Gasteiger partial charge in [0, 0.05) is 16.3 Å². The van der Waals surface area contributed by atoms with E-state index in [9.17, 15) is 9.18 Å². The lowest BCUT2D eigenvalue weighted by Crippen LogP contribution is -2.16. The summed E-state index contributed by atoms with van der Waals surface area (Å²) >= 11 is 1.39. The van der Waals surface area contributed by atoms with Crippen LogP contribution in [0.2, 0.25) is 0 Å². The summed E-state index contributed by atoms with van der Waals surface area (Å²) in [6.45, 7) is 3.93. The van der Waals surface area contributed by atoms with Crippen LogP contribution >= 0.6 is 11.8 Å². The Morgan fingerprint density at radius 2 is 2.24 bits per heavy atom. The standard InChI is InChI=1S/C12H16FNO2S/c1-3-16-12(15)8(2)7-17-11-5-9(13)4-10(14)6-11/h4-6,8H,3,7,14H2,1-2H3. The van der Waals surface area contributed by atoms with Gasteiger partial charge in [-0.25, -0.2) is 4.39 Å². The Kier molecular flexibility index (Phi) is 5.28. The molecule has 1 aromatic rings. The Morgan fingerprint density at radius 1 is 1.53 bits per heavy atom. The number of carbonyl (C=O) groups is 1. The molecular formula is C12H16FNO2S. The molecule has 1 atom stereocenters. The summed E-state index contributed by atoms with van der Waals surface area (Å²) in [6, 6.07) is 4.35. The molecule has 1 unspecified atom stereocenters. The Hall–Kier alpha value is -1.23. The molecule has 3 nitrogen and oxygen atoms in total. The molecule has 0 bridgehead atoms. The number of rotatable bonds is 5. The van der Waals surface area contributed by atoms with Gasteiger partial charge in [-0.1, -0.05) is 6.92 Å². The van der Waals surface area contributed by atoms with Crippen LogP contribution in [-0.4, -0.2) is 18.3 Å². The van der Waals surface area contributed by atoms with Crippen LogP contribution in [0, 0.1) is 11.7 Å². The summed E-state index contributed by atoms with van der Waals surface area (Å²) < 4.78 is 17.9. The summed E-state index contributed by atoms with van der Waals surface area (Å²) in [4.78, 5) is 12.1. The second-order valence-corrected chi connectivity index (χ2v) is 4.78. The SMILES string of the molecule is CCOC(=O)C(C)CSc1cc(N)cc(F)c1. The van der Waals surface area contributed by atoms with E-state index < -0.39 is 0 Å². The highest BCUT2D eigenvalue weighted by atomic mass is 32.2. The number of hydrogen-bond acceptors (Lipinski definition) is 4. The van der Waals surface area contributed by atoms with Crippen molar-refractivity contribution in [3.63, 3.8) is 0 Å². The fraction of sp³-hybridized carbons (Fsp3) is 0.417. The van der Waals surface area contributed by atoms with Crippen LogP contribution in [0.1, 0.15) is 13.8 Å². The van der Waals surface area contributed by atoms with Crippen LogP contribution < -0.4 is 5.73 Å². The van der Waals surface area contributed by atoms with Gasteiger partial charge in [0.15, 0.2) is 0 Å². The number of halogens is 1. The van der Waals surface area contributed by atoms with E-state index in [1.54, 1.807) is 19.9 Å². The van der Waals surface area contributed by atoms with Gasteiger partial charge in [0.25, 0.3) is 0 Å².